The molecule has 148 valence electrons. The van der Waals surface area contributed by atoms with Gasteiger partial charge in [-0.25, -0.2) is 4.79 Å². The van der Waals surface area contributed by atoms with Gasteiger partial charge >= 0.3 is 6.03 Å². The number of aliphatic hydroxyl groups is 1. The van der Waals surface area contributed by atoms with E-state index in [2.05, 4.69) is 5.32 Å². The second kappa shape index (κ2) is 7.50. The number of hydrogen-bond donors (Lipinski definition) is 3. The smallest absolute Gasteiger partial charge is 0.325 e. The number of imide groups is 1. The van der Waals surface area contributed by atoms with Gasteiger partial charge in [0.05, 0.1) is 19.8 Å². The fourth-order valence-electron chi connectivity index (χ4n) is 4.03. The molecule has 28 heavy (non-hydrogen) atoms. The van der Waals surface area contributed by atoms with E-state index in [4.69, 9.17) is 4.74 Å². The van der Waals surface area contributed by atoms with Crippen LogP contribution in [0.25, 0.3) is 10.8 Å². The summed E-state index contributed by atoms with van der Waals surface area (Å²) in [7, 11) is 0. The molecule has 0 spiro atoms. The fraction of sp³-hybridized carbons (Fsp3) is 0.429. The van der Waals surface area contributed by atoms with Crippen molar-refractivity contribution < 1.29 is 24.3 Å². The molecule has 2 saturated heterocycles. The van der Waals surface area contributed by atoms with E-state index in [0.29, 0.717) is 19.8 Å². The van der Waals surface area contributed by atoms with Crippen LogP contribution < -0.4 is 10.2 Å². The number of carbonyl (C=O) groups is 2. The Morgan fingerprint density at radius 3 is 2.64 bits per heavy atom. The van der Waals surface area contributed by atoms with Crippen LogP contribution in [0.2, 0.25) is 0 Å². The molecule has 0 saturated carbocycles. The molecule has 0 bridgehead atoms. The van der Waals surface area contributed by atoms with Gasteiger partial charge in [0.1, 0.15) is 31.3 Å². The summed E-state index contributed by atoms with van der Waals surface area (Å²) in [6.45, 7) is 5.21. The maximum Gasteiger partial charge on any atom is 0.325 e. The van der Waals surface area contributed by atoms with Gasteiger partial charge in [-0.2, -0.15) is 0 Å². The number of hydrogen-bond acceptors (Lipinski definition) is 4. The van der Waals surface area contributed by atoms with Crippen molar-refractivity contribution in [3.8, 4) is 0 Å². The van der Waals surface area contributed by atoms with Gasteiger partial charge in [-0.3, -0.25) is 9.69 Å². The minimum Gasteiger partial charge on any atom is -0.385 e. The van der Waals surface area contributed by atoms with E-state index in [0.717, 1.165) is 34.3 Å². The maximum atomic E-state index is 13.1. The summed E-state index contributed by atoms with van der Waals surface area (Å²) >= 11 is 0. The molecule has 2 aliphatic rings. The van der Waals surface area contributed by atoms with Gasteiger partial charge in [0.15, 0.2) is 0 Å². The Balaban J connectivity index is 1.50. The zero-order valence-corrected chi connectivity index (χ0v) is 16.0. The molecule has 7 nitrogen and oxygen atoms in total. The molecule has 2 aliphatic heterocycles. The lowest BCUT2D eigenvalue weighted by Crippen LogP contribution is -3.15. The first-order valence-electron chi connectivity index (χ1n) is 9.70. The van der Waals surface area contributed by atoms with Crippen molar-refractivity contribution in [2.75, 3.05) is 39.4 Å². The largest absolute Gasteiger partial charge is 0.385 e. The van der Waals surface area contributed by atoms with Crippen LogP contribution in [0, 0.1) is 0 Å². The zero-order chi connectivity index (χ0) is 19.7. The third-order valence-corrected chi connectivity index (χ3v) is 5.72. The van der Waals surface area contributed by atoms with Crippen molar-refractivity contribution in [2.45, 2.75) is 18.6 Å². The molecular formula is C21H26N3O4+. The average Bonchev–Trinajstić information content (AvgIpc) is 2.92. The lowest BCUT2D eigenvalue weighted by molar-refractivity contribution is -0.910. The van der Waals surface area contributed by atoms with Gasteiger partial charge in [0, 0.05) is 0 Å². The number of quaternary nitrogens is 1. The average molecular weight is 384 g/mol. The molecule has 3 N–H and O–H groups in total. The molecule has 2 heterocycles. The van der Waals surface area contributed by atoms with Crippen LogP contribution in [0.4, 0.5) is 4.79 Å². The van der Waals surface area contributed by atoms with Crippen LogP contribution in [-0.4, -0.2) is 67.4 Å². The van der Waals surface area contributed by atoms with E-state index in [1.54, 1.807) is 6.92 Å². The van der Waals surface area contributed by atoms with Gasteiger partial charge < -0.3 is 20.1 Å². The minimum absolute atomic E-state index is 0.00179. The van der Waals surface area contributed by atoms with E-state index < -0.39 is 17.7 Å². The van der Waals surface area contributed by atoms with Gasteiger partial charge in [-0.1, -0.05) is 36.4 Å². The van der Waals surface area contributed by atoms with E-state index >= 15 is 0 Å². The van der Waals surface area contributed by atoms with Gasteiger partial charge in [-0.05, 0) is 29.3 Å². The van der Waals surface area contributed by atoms with Crippen LogP contribution in [0.3, 0.4) is 0 Å². The van der Waals surface area contributed by atoms with Crippen molar-refractivity contribution in [1.82, 2.24) is 10.2 Å². The van der Waals surface area contributed by atoms with Crippen molar-refractivity contribution in [1.29, 1.82) is 0 Å². The Kier molecular flexibility index (Phi) is 5.05. The number of nitrogens with one attached hydrogen (secondary N) is 2. The summed E-state index contributed by atoms with van der Waals surface area (Å²) in [5.41, 5.74) is -0.396. The zero-order valence-electron chi connectivity index (χ0n) is 16.0. The van der Waals surface area contributed by atoms with E-state index in [-0.39, 0.29) is 12.5 Å². The number of rotatable bonds is 5. The highest BCUT2D eigenvalue weighted by Gasteiger charge is 2.49. The number of ether oxygens (including phenoxy) is 1. The first-order chi connectivity index (χ1) is 13.5. The summed E-state index contributed by atoms with van der Waals surface area (Å²) in [6.07, 6.45) is -0.762. The number of carbonyl (C=O) groups excluding carboxylic acids is 2. The Bertz CT molecular complexity index is 896. The molecular weight excluding hydrogens is 358 g/mol. The molecule has 2 aromatic rings. The number of urea groups is 1. The summed E-state index contributed by atoms with van der Waals surface area (Å²) in [5.74, 6) is -0.330. The van der Waals surface area contributed by atoms with Gasteiger partial charge in [0.2, 0.25) is 0 Å². The van der Waals surface area contributed by atoms with Crippen LogP contribution in [0.5, 0.6) is 0 Å². The monoisotopic (exact) mass is 384 g/mol. The summed E-state index contributed by atoms with van der Waals surface area (Å²) in [4.78, 5) is 28.0. The number of β-amino-alcohol motifs (C(OH)–C–C–N with tert-alkyl or cyclic N) is 1. The number of amides is 3. The van der Waals surface area contributed by atoms with Gasteiger partial charge in [0.25, 0.3) is 5.91 Å². The molecule has 0 aliphatic carbocycles. The minimum atomic E-state index is -1.13. The quantitative estimate of drug-likeness (QED) is 0.628. The van der Waals surface area contributed by atoms with E-state index in [1.165, 1.54) is 4.90 Å². The van der Waals surface area contributed by atoms with Crippen molar-refractivity contribution in [2.24, 2.45) is 0 Å². The Hall–Kier alpha value is -2.48. The maximum absolute atomic E-state index is 13.1. The van der Waals surface area contributed by atoms with E-state index in [1.807, 2.05) is 42.5 Å². The highest BCUT2D eigenvalue weighted by Crippen LogP contribution is 2.31. The van der Waals surface area contributed by atoms with Gasteiger partial charge in [-0.15, -0.1) is 0 Å². The van der Waals surface area contributed by atoms with E-state index in [9.17, 15) is 14.7 Å². The number of aliphatic hydroxyl groups excluding tert-OH is 1. The Morgan fingerprint density at radius 1 is 1.18 bits per heavy atom. The molecule has 3 amide bonds. The highest BCUT2D eigenvalue weighted by atomic mass is 16.5. The predicted molar refractivity (Wildman–Crippen MR) is 104 cm³/mol. The normalized spacial score (nSPS) is 24.6. The Morgan fingerprint density at radius 2 is 1.89 bits per heavy atom. The lowest BCUT2D eigenvalue weighted by atomic mass is 9.90. The summed E-state index contributed by atoms with van der Waals surface area (Å²) in [6, 6.07) is 13.2. The first-order valence-corrected chi connectivity index (χ1v) is 9.70. The number of fused-ring (bicyclic) bond motifs is 1. The standard InChI is InChI=1S/C21H25N3O4/c1-21(17-7-6-15-4-2-3-5-16(15)12-17)19(26)24(20(27)22-21)14-18(25)13-23-8-10-28-11-9-23/h2-7,12,18,25H,8-11,13-14H2,1H3,(H,22,27)/p+1/t18-,21-/m1/s1. The lowest BCUT2D eigenvalue weighted by Gasteiger charge is -2.27. The summed E-state index contributed by atoms with van der Waals surface area (Å²) < 4.78 is 5.32. The second-order valence-corrected chi connectivity index (χ2v) is 7.75. The molecule has 2 aromatic carbocycles. The number of morpholine rings is 1. The molecule has 2 atom stereocenters. The first kappa shape index (κ1) is 18.9. The molecule has 2 fully saturated rings. The third kappa shape index (κ3) is 3.48. The van der Waals surface area contributed by atoms with Crippen LogP contribution in [0.1, 0.15) is 12.5 Å². The Labute approximate surface area is 163 Å². The molecule has 0 aromatic heterocycles. The van der Waals surface area contributed by atoms with Crippen LogP contribution in [0.15, 0.2) is 42.5 Å². The van der Waals surface area contributed by atoms with Crippen molar-refractivity contribution in [3.05, 3.63) is 48.0 Å². The second-order valence-electron chi connectivity index (χ2n) is 7.75. The predicted octanol–water partition coefficient (Wildman–Crippen LogP) is -0.117. The molecule has 0 radical (unpaired) electrons. The van der Waals surface area contributed by atoms with Crippen LogP contribution >= 0.6 is 0 Å². The number of benzene rings is 2. The molecule has 0 unspecified atom stereocenters. The fourth-order valence-corrected chi connectivity index (χ4v) is 4.03. The topological polar surface area (TPSA) is 83.3 Å². The van der Waals surface area contributed by atoms with Crippen molar-refractivity contribution >= 4 is 22.7 Å². The number of nitrogens with zero attached hydrogens (tertiary/aromatic N) is 1. The molecule has 7 heteroatoms. The molecule has 4 rings (SSSR count). The SMILES string of the molecule is C[C@]1(c2ccc3ccccc3c2)NC(=O)N(C[C@H](O)C[NH+]2CCOCC2)C1=O. The van der Waals surface area contributed by atoms with Crippen LogP contribution in [-0.2, 0) is 15.1 Å². The highest BCUT2D eigenvalue weighted by molar-refractivity contribution is 6.07. The third-order valence-electron chi connectivity index (χ3n) is 5.72. The van der Waals surface area contributed by atoms with Crippen molar-refractivity contribution in [3.63, 3.8) is 0 Å². The summed E-state index contributed by atoms with van der Waals surface area (Å²) in [5, 5.41) is 15.4.